The Morgan fingerprint density at radius 2 is 1.94 bits per heavy atom. The van der Waals surface area contributed by atoms with E-state index < -0.39 is 24.2 Å². The van der Waals surface area contributed by atoms with Crippen LogP contribution in [-0.4, -0.2) is 41.9 Å². The zero-order valence-electron chi connectivity index (χ0n) is 9.80. The van der Waals surface area contributed by atoms with Crippen LogP contribution in [0.4, 0.5) is 13.2 Å². The molecule has 5 heteroatoms. The lowest BCUT2D eigenvalue weighted by molar-refractivity contribution is -0.203. The lowest BCUT2D eigenvalue weighted by Gasteiger charge is -2.40. The van der Waals surface area contributed by atoms with Gasteiger partial charge >= 0.3 is 6.18 Å². The highest BCUT2D eigenvalue weighted by molar-refractivity contribution is 4.89. The highest BCUT2D eigenvalue weighted by atomic mass is 19.4. The minimum Gasteiger partial charge on any atom is -0.393 e. The summed E-state index contributed by atoms with van der Waals surface area (Å²) in [5.74, 6) is -1.28. The van der Waals surface area contributed by atoms with Gasteiger partial charge in [0, 0.05) is 6.04 Å². The van der Waals surface area contributed by atoms with Crippen LogP contribution in [0.25, 0.3) is 0 Å². The van der Waals surface area contributed by atoms with Crippen LogP contribution in [0.5, 0.6) is 0 Å². The maximum absolute atomic E-state index is 12.8. The van der Waals surface area contributed by atoms with Crippen molar-refractivity contribution in [2.24, 2.45) is 5.92 Å². The van der Waals surface area contributed by atoms with Crippen molar-refractivity contribution >= 4 is 0 Å². The number of alkyl halides is 3. The van der Waals surface area contributed by atoms with Gasteiger partial charge in [-0.3, -0.25) is 0 Å². The highest BCUT2D eigenvalue weighted by Gasteiger charge is 2.48. The third-order valence-corrected chi connectivity index (χ3v) is 3.35. The number of hydrogen-bond acceptors (Lipinski definition) is 2. The van der Waals surface area contributed by atoms with Crippen LogP contribution in [-0.2, 0) is 0 Å². The van der Waals surface area contributed by atoms with E-state index in [0.717, 1.165) is 6.42 Å². The van der Waals surface area contributed by atoms with Crippen molar-refractivity contribution in [2.75, 3.05) is 13.6 Å². The normalized spacial score (nSPS) is 32.1. The van der Waals surface area contributed by atoms with E-state index in [1.807, 2.05) is 6.92 Å². The molecule has 2 nitrogen and oxygen atoms in total. The molecule has 0 aliphatic heterocycles. The van der Waals surface area contributed by atoms with Gasteiger partial charge in [-0.25, -0.2) is 0 Å². The maximum Gasteiger partial charge on any atom is 0.393 e. The van der Waals surface area contributed by atoms with Crippen LogP contribution in [0.2, 0.25) is 0 Å². The second-order valence-electron chi connectivity index (χ2n) is 4.66. The van der Waals surface area contributed by atoms with Crippen molar-refractivity contribution in [3.8, 4) is 0 Å². The SMILES string of the molecule is CCCN(C)C1CC(O)CCC1C(F)(F)F. The highest BCUT2D eigenvalue weighted by Crippen LogP contribution is 2.39. The van der Waals surface area contributed by atoms with Gasteiger partial charge in [0.1, 0.15) is 0 Å². The molecular weight excluding hydrogens is 219 g/mol. The van der Waals surface area contributed by atoms with Crippen LogP contribution in [0.3, 0.4) is 0 Å². The summed E-state index contributed by atoms with van der Waals surface area (Å²) >= 11 is 0. The van der Waals surface area contributed by atoms with E-state index in [1.165, 1.54) is 0 Å². The lowest BCUT2D eigenvalue weighted by Crippen LogP contribution is -2.49. The summed E-state index contributed by atoms with van der Waals surface area (Å²) in [7, 11) is 1.71. The van der Waals surface area contributed by atoms with Gasteiger partial charge in [-0.1, -0.05) is 6.92 Å². The molecule has 0 bridgehead atoms. The topological polar surface area (TPSA) is 23.5 Å². The smallest absolute Gasteiger partial charge is 0.393 e. The zero-order chi connectivity index (χ0) is 12.3. The van der Waals surface area contributed by atoms with Crippen LogP contribution < -0.4 is 0 Å². The molecule has 0 amide bonds. The first kappa shape index (κ1) is 13.8. The first-order valence-electron chi connectivity index (χ1n) is 5.81. The van der Waals surface area contributed by atoms with Crippen molar-refractivity contribution in [1.82, 2.24) is 4.90 Å². The first-order chi connectivity index (χ1) is 7.36. The molecule has 0 aromatic heterocycles. The van der Waals surface area contributed by atoms with Gasteiger partial charge < -0.3 is 10.0 Å². The molecule has 1 saturated carbocycles. The predicted octanol–water partition coefficient (Wildman–Crippen LogP) is 2.42. The Morgan fingerprint density at radius 3 is 2.44 bits per heavy atom. The standard InChI is InChI=1S/C11H20F3NO/c1-3-6-15(2)10-7-8(16)4-5-9(10)11(12,13)14/h8-10,16H,3-7H2,1-2H3. The van der Waals surface area contributed by atoms with Crippen molar-refractivity contribution in [2.45, 2.75) is 50.9 Å². The van der Waals surface area contributed by atoms with Gasteiger partial charge in [-0.2, -0.15) is 13.2 Å². The van der Waals surface area contributed by atoms with E-state index in [4.69, 9.17) is 0 Å². The molecule has 1 rings (SSSR count). The van der Waals surface area contributed by atoms with E-state index in [1.54, 1.807) is 11.9 Å². The molecule has 0 aromatic rings. The van der Waals surface area contributed by atoms with E-state index >= 15 is 0 Å². The molecule has 1 aliphatic carbocycles. The Labute approximate surface area is 94.4 Å². The molecule has 3 unspecified atom stereocenters. The Bertz CT molecular complexity index is 220. The van der Waals surface area contributed by atoms with Crippen molar-refractivity contribution in [3.05, 3.63) is 0 Å². The van der Waals surface area contributed by atoms with E-state index in [2.05, 4.69) is 0 Å². The molecule has 3 atom stereocenters. The first-order valence-corrected chi connectivity index (χ1v) is 5.81. The van der Waals surface area contributed by atoms with E-state index in [-0.39, 0.29) is 19.3 Å². The van der Waals surface area contributed by atoms with Crippen molar-refractivity contribution < 1.29 is 18.3 Å². The Balaban J connectivity index is 2.72. The Morgan fingerprint density at radius 1 is 1.31 bits per heavy atom. The van der Waals surface area contributed by atoms with Crippen molar-refractivity contribution in [3.63, 3.8) is 0 Å². The van der Waals surface area contributed by atoms with Gasteiger partial charge in [-0.15, -0.1) is 0 Å². The van der Waals surface area contributed by atoms with Crippen LogP contribution in [0, 0.1) is 5.92 Å². The van der Waals surface area contributed by atoms with Crippen LogP contribution in [0.15, 0.2) is 0 Å². The Kier molecular flexibility index (Phi) is 4.62. The monoisotopic (exact) mass is 239 g/mol. The molecule has 0 saturated heterocycles. The molecule has 1 N–H and O–H groups in total. The lowest BCUT2D eigenvalue weighted by atomic mass is 9.81. The summed E-state index contributed by atoms with van der Waals surface area (Å²) in [5, 5.41) is 9.49. The number of halogens is 3. The van der Waals surface area contributed by atoms with Gasteiger partial charge in [-0.05, 0) is 39.3 Å². The fraction of sp³-hybridized carbons (Fsp3) is 1.00. The average molecular weight is 239 g/mol. The van der Waals surface area contributed by atoms with Gasteiger partial charge in [0.25, 0.3) is 0 Å². The second kappa shape index (κ2) is 5.36. The minimum absolute atomic E-state index is 0.0450. The van der Waals surface area contributed by atoms with Gasteiger partial charge in [0.2, 0.25) is 0 Å². The third-order valence-electron chi connectivity index (χ3n) is 3.35. The summed E-state index contributed by atoms with van der Waals surface area (Å²) in [6.45, 7) is 2.59. The van der Waals surface area contributed by atoms with Gasteiger partial charge in [0.15, 0.2) is 0 Å². The summed E-state index contributed by atoms with van der Waals surface area (Å²) in [6.07, 6.45) is -3.35. The Hall–Kier alpha value is -0.290. The van der Waals surface area contributed by atoms with Crippen LogP contribution >= 0.6 is 0 Å². The summed E-state index contributed by atoms with van der Waals surface area (Å²) in [5.41, 5.74) is 0. The molecule has 0 aromatic carbocycles. The third kappa shape index (κ3) is 3.35. The molecule has 1 aliphatic rings. The molecule has 0 spiro atoms. The van der Waals surface area contributed by atoms with E-state index in [9.17, 15) is 18.3 Å². The number of hydrogen-bond donors (Lipinski definition) is 1. The predicted molar refractivity (Wildman–Crippen MR) is 56.1 cm³/mol. The molecular formula is C11H20F3NO. The fourth-order valence-corrected chi connectivity index (χ4v) is 2.51. The fourth-order valence-electron chi connectivity index (χ4n) is 2.51. The van der Waals surface area contributed by atoms with Crippen LogP contribution in [0.1, 0.15) is 32.6 Å². The zero-order valence-corrected chi connectivity index (χ0v) is 9.80. The summed E-state index contributed by atoms with van der Waals surface area (Å²) in [6, 6.07) is -0.566. The number of aliphatic hydroxyl groups is 1. The number of nitrogens with zero attached hydrogens (tertiary/aromatic N) is 1. The van der Waals surface area contributed by atoms with Gasteiger partial charge in [0.05, 0.1) is 12.0 Å². The van der Waals surface area contributed by atoms with E-state index in [0.29, 0.717) is 6.54 Å². The quantitative estimate of drug-likeness (QED) is 0.817. The second-order valence-corrected chi connectivity index (χ2v) is 4.66. The molecule has 16 heavy (non-hydrogen) atoms. The molecule has 1 fully saturated rings. The summed E-state index contributed by atoms with van der Waals surface area (Å²) < 4.78 is 38.4. The molecule has 0 heterocycles. The molecule has 96 valence electrons. The largest absolute Gasteiger partial charge is 0.393 e. The number of rotatable bonds is 3. The number of aliphatic hydroxyl groups excluding tert-OH is 1. The van der Waals surface area contributed by atoms with Crippen molar-refractivity contribution in [1.29, 1.82) is 0 Å². The average Bonchev–Trinajstić information content (AvgIpc) is 2.16. The molecule has 0 radical (unpaired) electrons. The maximum atomic E-state index is 12.8. The summed E-state index contributed by atoms with van der Waals surface area (Å²) in [4.78, 5) is 1.74. The minimum atomic E-state index is -4.15.